The number of rotatable bonds is 5. The van der Waals surface area contributed by atoms with Gasteiger partial charge in [0.05, 0.1) is 19.1 Å². The van der Waals surface area contributed by atoms with Gasteiger partial charge in [-0.25, -0.2) is 0 Å². The van der Waals surface area contributed by atoms with Crippen LogP contribution >= 0.6 is 12.4 Å². The monoisotopic (exact) mass is 421 g/mol. The topological polar surface area (TPSA) is 38.3 Å². The summed E-state index contributed by atoms with van der Waals surface area (Å²) < 4.78 is 4.89. The van der Waals surface area contributed by atoms with Gasteiger partial charge in [-0.3, -0.25) is 10.1 Å². The van der Waals surface area contributed by atoms with E-state index in [1.165, 1.54) is 23.4 Å². The number of ether oxygens (including phenoxy) is 1. The molecular formula is C26H28ClNO2. The Labute approximate surface area is 185 Å². The van der Waals surface area contributed by atoms with Gasteiger partial charge < -0.3 is 4.74 Å². The lowest BCUT2D eigenvalue weighted by Gasteiger charge is -2.21. The molecule has 0 saturated carbocycles. The summed E-state index contributed by atoms with van der Waals surface area (Å²) in [4.78, 5) is 11.9. The van der Waals surface area contributed by atoms with E-state index in [0.717, 1.165) is 11.1 Å². The third kappa shape index (κ3) is 5.21. The molecule has 0 aliphatic rings. The zero-order chi connectivity index (χ0) is 20.9. The Morgan fingerprint density at radius 2 is 1.70 bits per heavy atom. The first-order valence-electron chi connectivity index (χ1n) is 9.82. The fraction of sp³-hybridized carbons (Fsp3) is 0.269. The van der Waals surface area contributed by atoms with Crippen molar-refractivity contribution in [2.75, 3.05) is 13.7 Å². The first-order valence-corrected chi connectivity index (χ1v) is 9.82. The van der Waals surface area contributed by atoms with Crippen LogP contribution < -0.4 is 5.32 Å². The third-order valence-electron chi connectivity index (χ3n) is 5.32. The second kappa shape index (κ2) is 10.3. The lowest BCUT2D eigenvalue weighted by molar-refractivity contribution is -0.146. The number of methoxy groups -OCH3 is 1. The summed E-state index contributed by atoms with van der Waals surface area (Å²) in [7, 11) is 1.41. The van der Waals surface area contributed by atoms with Crippen LogP contribution in [0.2, 0.25) is 0 Å². The highest BCUT2D eigenvalue weighted by atomic mass is 35.5. The van der Waals surface area contributed by atoms with E-state index >= 15 is 0 Å². The van der Waals surface area contributed by atoms with Gasteiger partial charge in [0.25, 0.3) is 0 Å². The van der Waals surface area contributed by atoms with Crippen LogP contribution in [0.5, 0.6) is 0 Å². The second-order valence-electron chi connectivity index (χ2n) is 7.67. The summed E-state index contributed by atoms with van der Waals surface area (Å²) in [5.41, 5.74) is 2.45. The van der Waals surface area contributed by atoms with Crippen molar-refractivity contribution in [3.63, 3.8) is 0 Å². The normalized spacial score (nSPS) is 11.7. The van der Waals surface area contributed by atoms with E-state index in [9.17, 15) is 4.79 Å². The molecule has 0 saturated heterocycles. The molecule has 1 atom stereocenters. The van der Waals surface area contributed by atoms with Crippen molar-refractivity contribution >= 4 is 29.1 Å². The number of carbonyl (C=O) groups is 1. The van der Waals surface area contributed by atoms with Gasteiger partial charge in [0, 0.05) is 11.6 Å². The molecule has 0 fully saturated rings. The van der Waals surface area contributed by atoms with Crippen LogP contribution in [0.25, 0.3) is 10.8 Å². The van der Waals surface area contributed by atoms with E-state index in [2.05, 4.69) is 66.5 Å². The molecule has 0 aliphatic heterocycles. The minimum Gasteiger partial charge on any atom is -0.468 e. The van der Waals surface area contributed by atoms with Crippen molar-refractivity contribution < 1.29 is 9.53 Å². The predicted molar refractivity (Wildman–Crippen MR) is 126 cm³/mol. The summed E-state index contributed by atoms with van der Waals surface area (Å²) in [6.45, 7) is 6.48. The Balaban J connectivity index is 0.00000320. The molecule has 4 heteroatoms. The Morgan fingerprint density at radius 1 is 1.03 bits per heavy atom. The first kappa shape index (κ1) is 23.5. The van der Waals surface area contributed by atoms with E-state index < -0.39 is 5.41 Å². The van der Waals surface area contributed by atoms with Gasteiger partial charge in [0.15, 0.2) is 0 Å². The lowest BCUT2D eigenvalue weighted by atomic mass is 9.84. The SMILES string of the molecule is COC(=O)C(C)(C)c1ccc(C#CCN[C@H](C)c2cccc3ccccc23)cc1.Cl. The number of hydrogen-bond acceptors (Lipinski definition) is 3. The molecule has 156 valence electrons. The molecule has 30 heavy (non-hydrogen) atoms. The zero-order valence-corrected chi connectivity index (χ0v) is 18.7. The standard InChI is InChI=1S/C26H27NO2.ClH/c1-19(23-13-7-11-21-10-5-6-12-24(21)23)27-18-8-9-20-14-16-22(17-15-20)26(2,3)25(28)29-4;/h5-7,10-17,19,27H,18H2,1-4H3;1H/t19-;/m1./s1. The van der Waals surface area contributed by atoms with E-state index in [-0.39, 0.29) is 24.4 Å². The average molecular weight is 422 g/mol. The smallest absolute Gasteiger partial charge is 0.315 e. The van der Waals surface area contributed by atoms with Gasteiger partial charge in [0.1, 0.15) is 0 Å². The third-order valence-corrected chi connectivity index (χ3v) is 5.32. The molecule has 3 aromatic carbocycles. The van der Waals surface area contributed by atoms with Gasteiger partial charge in [-0.15, -0.1) is 12.4 Å². The van der Waals surface area contributed by atoms with Crippen LogP contribution in [0.4, 0.5) is 0 Å². The fourth-order valence-corrected chi connectivity index (χ4v) is 3.43. The number of nitrogens with one attached hydrogen (secondary N) is 1. The first-order chi connectivity index (χ1) is 13.9. The Bertz CT molecular complexity index is 1060. The number of esters is 1. The second-order valence-corrected chi connectivity index (χ2v) is 7.67. The summed E-state index contributed by atoms with van der Waals surface area (Å²) in [5.74, 6) is 6.12. The summed E-state index contributed by atoms with van der Waals surface area (Å²) in [6, 6.07) is 22.8. The van der Waals surface area contributed by atoms with E-state index in [4.69, 9.17) is 4.74 Å². The number of fused-ring (bicyclic) bond motifs is 1. The van der Waals surface area contributed by atoms with Gasteiger partial charge in [-0.05, 0) is 54.8 Å². The molecule has 0 spiro atoms. The minimum absolute atomic E-state index is 0. The maximum Gasteiger partial charge on any atom is 0.315 e. The highest BCUT2D eigenvalue weighted by Crippen LogP contribution is 2.25. The molecule has 1 N–H and O–H groups in total. The Morgan fingerprint density at radius 3 is 2.40 bits per heavy atom. The van der Waals surface area contributed by atoms with E-state index in [1.807, 2.05) is 38.1 Å². The molecule has 0 aromatic heterocycles. The molecular weight excluding hydrogens is 394 g/mol. The van der Waals surface area contributed by atoms with Crippen molar-refractivity contribution in [1.29, 1.82) is 0 Å². The van der Waals surface area contributed by atoms with Crippen LogP contribution in [0.3, 0.4) is 0 Å². The van der Waals surface area contributed by atoms with Crippen LogP contribution in [0, 0.1) is 11.8 Å². The number of carbonyl (C=O) groups excluding carboxylic acids is 1. The molecule has 0 bridgehead atoms. The van der Waals surface area contributed by atoms with Gasteiger partial charge in [-0.2, -0.15) is 0 Å². The van der Waals surface area contributed by atoms with Crippen LogP contribution in [-0.4, -0.2) is 19.6 Å². The molecule has 3 rings (SSSR count). The molecule has 0 heterocycles. The van der Waals surface area contributed by atoms with Gasteiger partial charge in [-0.1, -0.05) is 66.4 Å². The molecule has 3 nitrogen and oxygen atoms in total. The Hall–Kier alpha value is -2.80. The predicted octanol–water partition coefficient (Wildman–Crippen LogP) is 5.41. The largest absolute Gasteiger partial charge is 0.468 e. The molecule has 0 radical (unpaired) electrons. The van der Waals surface area contributed by atoms with Crippen molar-refractivity contribution in [2.45, 2.75) is 32.2 Å². The number of benzene rings is 3. The quantitative estimate of drug-likeness (QED) is 0.442. The van der Waals surface area contributed by atoms with Gasteiger partial charge in [0.2, 0.25) is 0 Å². The maximum absolute atomic E-state index is 11.9. The summed E-state index contributed by atoms with van der Waals surface area (Å²) >= 11 is 0. The highest BCUT2D eigenvalue weighted by Gasteiger charge is 2.30. The van der Waals surface area contributed by atoms with E-state index in [1.54, 1.807) is 0 Å². The van der Waals surface area contributed by atoms with Crippen molar-refractivity contribution in [3.05, 3.63) is 83.4 Å². The average Bonchev–Trinajstić information content (AvgIpc) is 2.75. The van der Waals surface area contributed by atoms with E-state index in [0.29, 0.717) is 6.54 Å². The molecule has 3 aromatic rings. The Kier molecular flexibility index (Phi) is 8.06. The van der Waals surface area contributed by atoms with Crippen LogP contribution in [-0.2, 0) is 14.9 Å². The minimum atomic E-state index is -0.670. The summed E-state index contributed by atoms with van der Waals surface area (Å²) in [6.07, 6.45) is 0. The number of hydrogen-bond donors (Lipinski definition) is 1. The van der Waals surface area contributed by atoms with Crippen molar-refractivity contribution in [1.82, 2.24) is 5.32 Å². The summed E-state index contributed by atoms with van der Waals surface area (Å²) in [5, 5.41) is 6.00. The van der Waals surface area contributed by atoms with Crippen LogP contribution in [0.1, 0.15) is 43.5 Å². The molecule has 0 aliphatic carbocycles. The van der Waals surface area contributed by atoms with Gasteiger partial charge >= 0.3 is 5.97 Å². The maximum atomic E-state index is 11.9. The highest BCUT2D eigenvalue weighted by molar-refractivity contribution is 5.86. The van der Waals surface area contributed by atoms with Crippen LogP contribution in [0.15, 0.2) is 66.7 Å². The number of halogens is 1. The molecule has 0 amide bonds. The zero-order valence-electron chi connectivity index (χ0n) is 17.9. The van der Waals surface area contributed by atoms with Crippen molar-refractivity contribution in [3.8, 4) is 11.8 Å². The molecule has 0 unspecified atom stereocenters. The van der Waals surface area contributed by atoms with Crippen molar-refractivity contribution in [2.24, 2.45) is 0 Å². The fourth-order valence-electron chi connectivity index (χ4n) is 3.43. The lowest BCUT2D eigenvalue weighted by Crippen LogP contribution is -2.30.